The van der Waals surface area contributed by atoms with E-state index in [4.69, 9.17) is 9.84 Å². The maximum atomic E-state index is 12.7. The Bertz CT molecular complexity index is 608. The van der Waals surface area contributed by atoms with Gasteiger partial charge in [0.15, 0.2) is 0 Å². The summed E-state index contributed by atoms with van der Waals surface area (Å²) in [5, 5.41) is 8.92. The molecule has 7 heteroatoms. The molecular formula is C17H23BrN2O4. The average Bonchev–Trinajstić information content (AvgIpc) is 2.79. The molecule has 24 heavy (non-hydrogen) atoms. The van der Waals surface area contributed by atoms with Crippen LogP contribution in [0.1, 0.15) is 29.6 Å². The highest BCUT2D eigenvalue weighted by molar-refractivity contribution is 9.10. The van der Waals surface area contributed by atoms with Crippen molar-refractivity contribution in [1.29, 1.82) is 0 Å². The Morgan fingerprint density at radius 3 is 2.75 bits per heavy atom. The number of rotatable bonds is 5. The molecule has 1 fully saturated rings. The zero-order chi connectivity index (χ0) is 17.7. The molecule has 2 rings (SSSR count). The number of aliphatic carboxylic acids is 1. The molecule has 0 aromatic heterocycles. The predicted octanol–water partition coefficient (Wildman–Crippen LogP) is 2.47. The number of nitrogens with zero attached hydrogens (tertiary/aromatic N) is 2. The zero-order valence-corrected chi connectivity index (χ0v) is 15.6. The van der Waals surface area contributed by atoms with Crippen molar-refractivity contribution in [3.05, 3.63) is 28.2 Å². The Morgan fingerprint density at radius 2 is 2.12 bits per heavy atom. The summed E-state index contributed by atoms with van der Waals surface area (Å²) >= 11 is 3.41. The van der Waals surface area contributed by atoms with Crippen LogP contribution < -0.4 is 4.74 Å². The van der Waals surface area contributed by atoms with Crippen LogP contribution in [0.4, 0.5) is 0 Å². The van der Waals surface area contributed by atoms with Crippen LogP contribution >= 0.6 is 15.9 Å². The first kappa shape index (κ1) is 18.7. The highest BCUT2D eigenvalue weighted by atomic mass is 79.9. The van der Waals surface area contributed by atoms with Gasteiger partial charge in [-0.05, 0) is 60.4 Å². The second kappa shape index (κ2) is 8.48. The van der Waals surface area contributed by atoms with Crippen LogP contribution in [0.5, 0.6) is 5.75 Å². The van der Waals surface area contributed by atoms with E-state index in [9.17, 15) is 9.59 Å². The molecule has 1 unspecified atom stereocenters. The molecule has 0 saturated carbocycles. The number of methoxy groups -OCH3 is 1. The first-order valence-electron chi connectivity index (χ1n) is 7.97. The molecule has 1 amide bonds. The molecule has 1 aromatic rings. The van der Waals surface area contributed by atoms with Crippen molar-refractivity contribution in [2.45, 2.75) is 25.3 Å². The van der Waals surface area contributed by atoms with Crippen molar-refractivity contribution in [2.24, 2.45) is 0 Å². The Balaban J connectivity index is 2.01. The van der Waals surface area contributed by atoms with Crippen LogP contribution in [0, 0.1) is 0 Å². The van der Waals surface area contributed by atoms with Crippen molar-refractivity contribution in [3.8, 4) is 5.75 Å². The maximum Gasteiger partial charge on any atom is 0.317 e. The van der Waals surface area contributed by atoms with E-state index in [1.54, 1.807) is 25.3 Å². The van der Waals surface area contributed by atoms with Crippen LogP contribution in [0.2, 0.25) is 0 Å². The standard InChI is InChI=1S/C17H23BrN2O4/c1-19(11-16(21)22)13-4-3-8-20(9-7-13)17(23)12-5-6-15(24-2)14(18)10-12/h5-6,10,13H,3-4,7-9,11H2,1-2H3,(H,21,22). The lowest BCUT2D eigenvalue weighted by Crippen LogP contribution is -2.37. The average molecular weight is 399 g/mol. The largest absolute Gasteiger partial charge is 0.496 e. The van der Waals surface area contributed by atoms with Gasteiger partial charge in [-0.3, -0.25) is 14.5 Å². The lowest BCUT2D eigenvalue weighted by atomic mass is 10.1. The van der Waals surface area contributed by atoms with E-state index < -0.39 is 5.97 Å². The van der Waals surface area contributed by atoms with Gasteiger partial charge in [-0.2, -0.15) is 0 Å². The molecule has 1 aliphatic rings. The zero-order valence-electron chi connectivity index (χ0n) is 14.0. The van der Waals surface area contributed by atoms with E-state index in [0.717, 1.165) is 23.7 Å². The van der Waals surface area contributed by atoms with E-state index >= 15 is 0 Å². The van der Waals surface area contributed by atoms with E-state index in [1.807, 2.05) is 16.8 Å². The van der Waals surface area contributed by atoms with E-state index in [-0.39, 0.29) is 18.5 Å². The molecule has 0 spiro atoms. The van der Waals surface area contributed by atoms with Crippen molar-refractivity contribution < 1.29 is 19.4 Å². The minimum Gasteiger partial charge on any atom is -0.496 e. The second-order valence-electron chi connectivity index (χ2n) is 6.04. The molecule has 1 N–H and O–H groups in total. The fraction of sp³-hybridized carbons (Fsp3) is 0.529. The number of hydrogen-bond donors (Lipinski definition) is 1. The summed E-state index contributed by atoms with van der Waals surface area (Å²) in [6.45, 7) is 1.36. The van der Waals surface area contributed by atoms with Gasteiger partial charge in [0.2, 0.25) is 0 Å². The number of carbonyl (C=O) groups excluding carboxylic acids is 1. The Kier molecular flexibility index (Phi) is 6.62. The summed E-state index contributed by atoms with van der Waals surface area (Å²) in [5.74, 6) is -0.129. The quantitative estimate of drug-likeness (QED) is 0.824. The second-order valence-corrected chi connectivity index (χ2v) is 6.89. The van der Waals surface area contributed by atoms with Gasteiger partial charge in [0, 0.05) is 24.7 Å². The molecule has 0 bridgehead atoms. The van der Waals surface area contributed by atoms with Gasteiger partial charge in [-0.25, -0.2) is 0 Å². The molecule has 0 radical (unpaired) electrons. The van der Waals surface area contributed by atoms with E-state index in [2.05, 4.69) is 15.9 Å². The molecule has 6 nitrogen and oxygen atoms in total. The van der Waals surface area contributed by atoms with Crippen LogP contribution in [-0.2, 0) is 4.79 Å². The van der Waals surface area contributed by atoms with Gasteiger partial charge >= 0.3 is 5.97 Å². The van der Waals surface area contributed by atoms with Gasteiger partial charge in [-0.15, -0.1) is 0 Å². The van der Waals surface area contributed by atoms with E-state index in [0.29, 0.717) is 24.4 Å². The summed E-state index contributed by atoms with van der Waals surface area (Å²) in [6.07, 6.45) is 2.56. The van der Waals surface area contributed by atoms with Crippen LogP contribution in [0.15, 0.2) is 22.7 Å². The smallest absolute Gasteiger partial charge is 0.317 e. The van der Waals surface area contributed by atoms with Crippen molar-refractivity contribution in [2.75, 3.05) is 33.8 Å². The number of hydrogen-bond acceptors (Lipinski definition) is 4. The molecule has 132 valence electrons. The van der Waals surface area contributed by atoms with Crippen LogP contribution in [-0.4, -0.2) is 66.6 Å². The molecule has 1 saturated heterocycles. The molecule has 1 heterocycles. The Labute approximate surface area is 150 Å². The summed E-state index contributed by atoms with van der Waals surface area (Å²) in [5.41, 5.74) is 0.625. The number of carboxylic acid groups (broad SMARTS) is 1. The number of benzene rings is 1. The van der Waals surface area contributed by atoms with Crippen molar-refractivity contribution >= 4 is 27.8 Å². The first-order chi connectivity index (χ1) is 11.4. The highest BCUT2D eigenvalue weighted by Crippen LogP contribution is 2.26. The fourth-order valence-corrected chi connectivity index (χ4v) is 3.59. The third kappa shape index (κ3) is 4.70. The third-order valence-corrected chi connectivity index (χ3v) is 5.01. The normalized spacial score (nSPS) is 18.3. The molecular weight excluding hydrogens is 376 g/mol. The highest BCUT2D eigenvalue weighted by Gasteiger charge is 2.24. The van der Waals surface area contributed by atoms with E-state index in [1.165, 1.54) is 0 Å². The first-order valence-corrected chi connectivity index (χ1v) is 8.76. The number of likely N-dealkylation sites (N-methyl/N-ethyl adjacent to an activating group) is 1. The summed E-state index contributed by atoms with van der Waals surface area (Å²) in [4.78, 5) is 27.3. The number of carboxylic acids is 1. The summed E-state index contributed by atoms with van der Waals surface area (Å²) in [7, 11) is 3.42. The van der Waals surface area contributed by atoms with Gasteiger partial charge in [0.05, 0.1) is 18.1 Å². The monoisotopic (exact) mass is 398 g/mol. The van der Waals surface area contributed by atoms with Gasteiger partial charge < -0.3 is 14.7 Å². The van der Waals surface area contributed by atoms with Crippen molar-refractivity contribution in [1.82, 2.24) is 9.80 Å². The maximum absolute atomic E-state index is 12.7. The number of carbonyl (C=O) groups is 2. The Hall–Kier alpha value is -1.60. The Morgan fingerprint density at radius 1 is 1.38 bits per heavy atom. The fourth-order valence-electron chi connectivity index (χ4n) is 3.05. The van der Waals surface area contributed by atoms with Crippen LogP contribution in [0.3, 0.4) is 0 Å². The van der Waals surface area contributed by atoms with Crippen molar-refractivity contribution in [3.63, 3.8) is 0 Å². The predicted molar refractivity (Wildman–Crippen MR) is 94.5 cm³/mol. The molecule has 0 aliphatic carbocycles. The molecule has 1 aliphatic heterocycles. The minimum atomic E-state index is -0.822. The number of likely N-dealkylation sites (tertiary alicyclic amines) is 1. The number of ether oxygens (including phenoxy) is 1. The SMILES string of the molecule is COc1ccc(C(=O)N2CCCC(N(C)CC(=O)O)CC2)cc1Br. The lowest BCUT2D eigenvalue weighted by molar-refractivity contribution is -0.138. The third-order valence-electron chi connectivity index (χ3n) is 4.39. The summed E-state index contributed by atoms with van der Waals surface area (Å²) < 4.78 is 5.95. The topological polar surface area (TPSA) is 70.1 Å². The van der Waals surface area contributed by atoms with Gasteiger partial charge in [-0.1, -0.05) is 0 Å². The molecule has 1 aromatic carbocycles. The minimum absolute atomic E-state index is 0.000101. The number of halogens is 1. The number of amides is 1. The summed E-state index contributed by atoms with van der Waals surface area (Å²) in [6, 6.07) is 5.52. The van der Waals surface area contributed by atoms with Crippen LogP contribution in [0.25, 0.3) is 0 Å². The lowest BCUT2D eigenvalue weighted by Gasteiger charge is -2.25. The van der Waals surface area contributed by atoms with Gasteiger partial charge in [0.1, 0.15) is 5.75 Å². The molecule has 1 atom stereocenters. The van der Waals surface area contributed by atoms with Gasteiger partial charge in [0.25, 0.3) is 5.91 Å².